The van der Waals surface area contributed by atoms with E-state index < -0.39 is 45.8 Å². The maximum absolute atomic E-state index is 13.3. The number of aliphatic imine (C=N–C) groups is 2. The molecule has 0 radical (unpaired) electrons. The molecule has 0 amide bonds. The summed E-state index contributed by atoms with van der Waals surface area (Å²) < 4.78 is 0. The van der Waals surface area contributed by atoms with Gasteiger partial charge in [-0.05, 0) is 48.2 Å². The van der Waals surface area contributed by atoms with Gasteiger partial charge in [0.05, 0.1) is 22.5 Å². The second kappa shape index (κ2) is 9.99. The van der Waals surface area contributed by atoms with E-state index in [0.717, 1.165) is 12.1 Å². The molecule has 0 atom stereocenters. The van der Waals surface area contributed by atoms with Gasteiger partial charge in [-0.2, -0.15) is 9.98 Å². The second-order valence-corrected chi connectivity index (χ2v) is 6.35. The molecule has 0 aliphatic carbocycles. The third-order valence-corrected chi connectivity index (χ3v) is 4.74. The van der Waals surface area contributed by atoms with Gasteiger partial charge in [-0.1, -0.05) is 13.8 Å². The first-order chi connectivity index (χ1) is 15.2. The fraction of sp³-hybridized carbons (Fsp3) is 0.182. The lowest BCUT2D eigenvalue weighted by Gasteiger charge is -2.15. The molecule has 162 valence electrons. The van der Waals surface area contributed by atoms with Crippen LogP contribution in [0.3, 0.4) is 0 Å². The minimum absolute atomic E-state index is 0.0172. The van der Waals surface area contributed by atoms with Crippen LogP contribution < -0.4 is 0 Å². The first kappa shape index (κ1) is 23.8. The predicted molar refractivity (Wildman–Crippen MR) is 110 cm³/mol. The van der Waals surface area contributed by atoms with Crippen LogP contribution in [-0.4, -0.2) is 45.9 Å². The van der Waals surface area contributed by atoms with Crippen LogP contribution in [0.1, 0.15) is 66.4 Å². The number of Topliss-reactive ketones (excluding diaryl/α,β-unsaturated/α-hetero) is 2. The Balaban J connectivity index is 2.90. The molecule has 0 saturated heterocycles. The van der Waals surface area contributed by atoms with Crippen LogP contribution >= 0.6 is 0 Å². The number of benzene rings is 2. The van der Waals surface area contributed by atoms with Crippen molar-refractivity contribution < 1.29 is 39.0 Å². The zero-order chi connectivity index (χ0) is 24.0. The molecule has 0 spiro atoms. The van der Waals surface area contributed by atoms with Gasteiger partial charge >= 0.3 is 11.9 Å². The van der Waals surface area contributed by atoms with Gasteiger partial charge in [0.15, 0.2) is 0 Å². The molecule has 0 aliphatic rings. The third-order valence-electron chi connectivity index (χ3n) is 4.74. The zero-order valence-electron chi connectivity index (χ0n) is 17.0. The summed E-state index contributed by atoms with van der Waals surface area (Å²) in [5.41, 5.74) is -2.10. The van der Waals surface area contributed by atoms with Crippen LogP contribution in [0.2, 0.25) is 0 Å². The van der Waals surface area contributed by atoms with Gasteiger partial charge in [0, 0.05) is 11.1 Å². The summed E-state index contributed by atoms with van der Waals surface area (Å²) in [7, 11) is 0. The average Bonchev–Trinajstić information content (AvgIpc) is 2.77. The van der Waals surface area contributed by atoms with Crippen molar-refractivity contribution in [3.8, 4) is 0 Å². The Morgan fingerprint density at radius 2 is 1.06 bits per heavy atom. The number of aromatic carboxylic acids is 2. The highest BCUT2D eigenvalue weighted by Crippen LogP contribution is 2.31. The Kier molecular flexibility index (Phi) is 7.42. The Morgan fingerprint density at radius 3 is 1.31 bits per heavy atom. The van der Waals surface area contributed by atoms with Crippen LogP contribution in [0.25, 0.3) is 0 Å². The van der Waals surface area contributed by atoms with Crippen molar-refractivity contribution in [1.82, 2.24) is 0 Å². The summed E-state index contributed by atoms with van der Waals surface area (Å²) in [4.78, 5) is 78.4. The summed E-state index contributed by atoms with van der Waals surface area (Å²) in [6.07, 6.45) is 2.69. The summed E-state index contributed by atoms with van der Waals surface area (Å²) in [5, 5.41) is 19.1. The van der Waals surface area contributed by atoms with Gasteiger partial charge in [-0.3, -0.25) is 9.59 Å². The number of rotatable bonds is 9. The van der Waals surface area contributed by atoms with E-state index in [-0.39, 0.29) is 35.3 Å². The Bertz CT molecular complexity index is 1150. The molecule has 0 fully saturated rings. The maximum Gasteiger partial charge on any atom is 0.336 e. The minimum atomic E-state index is -1.51. The van der Waals surface area contributed by atoms with E-state index in [4.69, 9.17) is 0 Å². The number of nitrogens with zero attached hydrogens (tertiary/aromatic N) is 2. The van der Waals surface area contributed by atoms with Crippen molar-refractivity contribution in [2.75, 3.05) is 0 Å². The summed E-state index contributed by atoms with van der Waals surface area (Å²) >= 11 is 0. The molecule has 2 N–H and O–H groups in total. The van der Waals surface area contributed by atoms with Crippen molar-refractivity contribution >= 4 is 47.0 Å². The Morgan fingerprint density at radius 1 is 0.719 bits per heavy atom. The molecule has 2 aromatic rings. The predicted octanol–water partition coefficient (Wildman–Crippen LogP) is 3.21. The van der Waals surface area contributed by atoms with Gasteiger partial charge < -0.3 is 10.2 Å². The fourth-order valence-corrected chi connectivity index (χ4v) is 3.40. The number of carboxylic acid groups (broad SMARTS) is 2. The van der Waals surface area contributed by atoms with Crippen molar-refractivity contribution in [2.45, 2.75) is 26.7 Å². The zero-order valence-corrected chi connectivity index (χ0v) is 17.0. The van der Waals surface area contributed by atoms with Gasteiger partial charge in [0.2, 0.25) is 23.7 Å². The molecule has 0 unspecified atom stereocenters. The van der Waals surface area contributed by atoms with Crippen LogP contribution in [0.15, 0.2) is 34.3 Å². The highest BCUT2D eigenvalue weighted by molar-refractivity contribution is 6.51. The standard InChI is InChI=1S/C22H16N2O8/c1-3-11-15(23-9-25)7-5-13(21(29)30)17(11)19(27)20(28)18-12(4-2)16(24-10-26)8-6-14(18)22(31)32/h5-8H,3-4H2,1-2H3,(H,29,30)(H,31,32). The van der Waals surface area contributed by atoms with Gasteiger partial charge in [0.1, 0.15) is 0 Å². The minimum Gasteiger partial charge on any atom is -0.478 e. The lowest BCUT2D eigenvalue weighted by Crippen LogP contribution is -2.23. The van der Waals surface area contributed by atoms with E-state index in [2.05, 4.69) is 9.98 Å². The Labute approximate surface area is 180 Å². The maximum atomic E-state index is 13.3. The monoisotopic (exact) mass is 436 g/mol. The van der Waals surface area contributed by atoms with E-state index in [0.29, 0.717) is 0 Å². The van der Waals surface area contributed by atoms with E-state index in [1.807, 2.05) is 0 Å². The highest BCUT2D eigenvalue weighted by atomic mass is 16.4. The average molecular weight is 436 g/mol. The van der Waals surface area contributed by atoms with Crippen LogP contribution in [0.4, 0.5) is 11.4 Å². The molecule has 10 heteroatoms. The van der Waals surface area contributed by atoms with E-state index in [9.17, 15) is 39.0 Å². The van der Waals surface area contributed by atoms with Crippen molar-refractivity contribution in [3.05, 3.63) is 57.6 Å². The second-order valence-electron chi connectivity index (χ2n) is 6.35. The van der Waals surface area contributed by atoms with E-state index in [1.165, 1.54) is 24.3 Å². The first-order valence-electron chi connectivity index (χ1n) is 9.26. The number of hydrogen-bond donors (Lipinski definition) is 2. The molecule has 2 rings (SSSR count). The van der Waals surface area contributed by atoms with Gasteiger partial charge in [-0.25, -0.2) is 19.2 Å². The SMILES string of the molecule is CCc1c(N=C=O)ccc(C(=O)O)c1C(=O)C(=O)c1c(C(=O)O)ccc(N=C=O)c1CC. The molecule has 0 heterocycles. The van der Waals surface area contributed by atoms with E-state index >= 15 is 0 Å². The molecule has 0 aliphatic heterocycles. The smallest absolute Gasteiger partial charge is 0.336 e. The fourth-order valence-electron chi connectivity index (χ4n) is 3.40. The molecule has 0 bridgehead atoms. The molecule has 0 aromatic heterocycles. The number of carboxylic acids is 2. The molecule has 10 nitrogen and oxygen atoms in total. The van der Waals surface area contributed by atoms with Crippen LogP contribution in [-0.2, 0) is 22.4 Å². The number of isocyanates is 2. The van der Waals surface area contributed by atoms with Gasteiger partial charge in [-0.15, -0.1) is 0 Å². The van der Waals surface area contributed by atoms with Gasteiger partial charge in [0.25, 0.3) is 0 Å². The molecular formula is C22H16N2O8. The van der Waals surface area contributed by atoms with Crippen molar-refractivity contribution in [3.63, 3.8) is 0 Å². The molecule has 0 saturated carbocycles. The summed E-state index contributed by atoms with van der Waals surface area (Å²) in [6.45, 7) is 3.12. The topological polar surface area (TPSA) is 168 Å². The van der Waals surface area contributed by atoms with Crippen molar-refractivity contribution in [1.29, 1.82) is 0 Å². The molecule has 32 heavy (non-hydrogen) atoms. The largest absolute Gasteiger partial charge is 0.478 e. The van der Waals surface area contributed by atoms with Crippen LogP contribution in [0, 0.1) is 0 Å². The molecular weight excluding hydrogens is 420 g/mol. The number of hydrogen-bond acceptors (Lipinski definition) is 8. The number of carbonyl (C=O) groups is 4. The first-order valence-corrected chi connectivity index (χ1v) is 9.26. The van der Waals surface area contributed by atoms with Crippen LogP contribution in [0.5, 0.6) is 0 Å². The third kappa shape index (κ3) is 4.32. The highest BCUT2D eigenvalue weighted by Gasteiger charge is 2.32. The normalized spacial score (nSPS) is 9.94. The number of carbonyl (C=O) groups excluding carboxylic acids is 4. The lowest BCUT2D eigenvalue weighted by atomic mass is 9.87. The quantitative estimate of drug-likeness (QED) is 0.261. The summed E-state index contributed by atoms with van der Waals surface area (Å²) in [6, 6.07) is 4.44. The summed E-state index contributed by atoms with van der Waals surface area (Å²) in [5.74, 6) is -5.62. The number of ketones is 2. The Hall–Kier alpha value is -4.52. The molecule has 2 aromatic carbocycles. The lowest BCUT2D eigenvalue weighted by molar-refractivity contribution is 0.0678. The van der Waals surface area contributed by atoms with Crippen molar-refractivity contribution in [2.24, 2.45) is 9.98 Å². The van der Waals surface area contributed by atoms with E-state index in [1.54, 1.807) is 13.8 Å².